The summed E-state index contributed by atoms with van der Waals surface area (Å²) in [6, 6.07) is 16.0. The molecule has 0 saturated heterocycles. The lowest BCUT2D eigenvalue weighted by Gasteiger charge is -2.19. The third-order valence-electron chi connectivity index (χ3n) is 3.06. The first kappa shape index (κ1) is 15.1. The molecular formula is C14H14F3OPSi. The van der Waals surface area contributed by atoms with E-state index in [9.17, 15) is 16.9 Å². The van der Waals surface area contributed by atoms with Gasteiger partial charge in [0.05, 0.1) is 0 Å². The van der Waals surface area contributed by atoms with Gasteiger partial charge in [-0.25, -0.2) is 12.3 Å². The molecule has 0 radical (unpaired) electrons. The average Bonchev–Trinajstić information content (AvgIpc) is 2.46. The zero-order valence-electron chi connectivity index (χ0n) is 10.7. The summed E-state index contributed by atoms with van der Waals surface area (Å²) >= 11 is 0. The standard InChI is InChI=1S/C14H14F3OPSi/c15-20(16,17)12-11-19(18,13-7-3-1-4-8-13)14-9-5-2-6-10-14/h1-10H,11-12H2. The van der Waals surface area contributed by atoms with Gasteiger partial charge in [-0.15, -0.1) is 0 Å². The van der Waals surface area contributed by atoms with Gasteiger partial charge >= 0.3 is 9.08 Å². The molecule has 2 rings (SSSR count). The van der Waals surface area contributed by atoms with Crippen molar-refractivity contribution in [2.24, 2.45) is 0 Å². The van der Waals surface area contributed by atoms with Gasteiger partial charge in [0.15, 0.2) is 0 Å². The van der Waals surface area contributed by atoms with E-state index in [2.05, 4.69) is 0 Å². The number of rotatable bonds is 5. The minimum absolute atomic E-state index is 0.337. The molecular weight excluding hydrogens is 300 g/mol. The molecule has 106 valence electrons. The Balaban J connectivity index is 2.42. The van der Waals surface area contributed by atoms with Crippen LogP contribution < -0.4 is 10.6 Å². The molecule has 0 aliphatic heterocycles. The van der Waals surface area contributed by atoms with E-state index in [1.165, 1.54) is 0 Å². The van der Waals surface area contributed by atoms with Gasteiger partial charge in [-0.05, 0) is 0 Å². The van der Waals surface area contributed by atoms with Crippen LogP contribution in [0, 0.1) is 0 Å². The van der Waals surface area contributed by atoms with Gasteiger partial charge in [0, 0.05) is 22.8 Å². The Morgan fingerprint density at radius 3 is 1.55 bits per heavy atom. The van der Waals surface area contributed by atoms with E-state index in [4.69, 9.17) is 0 Å². The Hall–Kier alpha value is -1.32. The van der Waals surface area contributed by atoms with Crippen molar-refractivity contribution in [2.45, 2.75) is 6.04 Å². The summed E-state index contributed by atoms with van der Waals surface area (Å²) in [7, 11) is -8.91. The normalized spacial score (nSPS) is 12.3. The molecule has 0 unspecified atom stereocenters. The summed E-state index contributed by atoms with van der Waals surface area (Å²) in [6.07, 6.45) is -0.337. The van der Waals surface area contributed by atoms with Gasteiger partial charge in [0.2, 0.25) is 0 Å². The van der Waals surface area contributed by atoms with E-state index in [-0.39, 0.29) is 6.16 Å². The number of halogens is 3. The molecule has 6 heteroatoms. The van der Waals surface area contributed by atoms with E-state index in [1.54, 1.807) is 60.7 Å². The molecule has 0 amide bonds. The molecule has 0 aliphatic rings. The maximum absolute atomic E-state index is 13.2. The Morgan fingerprint density at radius 2 is 1.20 bits per heavy atom. The lowest BCUT2D eigenvalue weighted by Crippen LogP contribution is -2.23. The van der Waals surface area contributed by atoms with Gasteiger partial charge in [0.1, 0.15) is 7.14 Å². The van der Waals surface area contributed by atoms with Gasteiger partial charge in [-0.1, -0.05) is 60.7 Å². The lowest BCUT2D eigenvalue weighted by atomic mass is 10.4. The average molecular weight is 314 g/mol. The summed E-state index contributed by atoms with van der Waals surface area (Å²) in [6.45, 7) is 0. The van der Waals surface area contributed by atoms with Crippen molar-refractivity contribution < 1.29 is 16.9 Å². The van der Waals surface area contributed by atoms with Gasteiger partial charge < -0.3 is 4.57 Å². The first-order valence-electron chi connectivity index (χ1n) is 6.19. The first-order valence-corrected chi connectivity index (χ1v) is 9.92. The monoisotopic (exact) mass is 314 g/mol. The van der Waals surface area contributed by atoms with E-state index >= 15 is 0 Å². The molecule has 0 fully saturated rings. The maximum Gasteiger partial charge on any atom is 0.616 e. The van der Waals surface area contributed by atoms with E-state index in [0.29, 0.717) is 10.6 Å². The van der Waals surface area contributed by atoms with Crippen LogP contribution in [0.4, 0.5) is 12.3 Å². The minimum Gasteiger partial charge on any atom is -0.314 e. The fourth-order valence-corrected chi connectivity index (χ4v) is 6.42. The highest BCUT2D eigenvalue weighted by atomic mass is 31.2. The second-order valence-corrected chi connectivity index (χ2v) is 9.19. The molecule has 0 spiro atoms. The van der Waals surface area contributed by atoms with Crippen molar-refractivity contribution in [3.63, 3.8) is 0 Å². The highest BCUT2D eigenvalue weighted by molar-refractivity contribution is 7.78. The second kappa shape index (κ2) is 5.98. The predicted octanol–water partition coefficient (Wildman–Crippen LogP) is 3.85. The van der Waals surface area contributed by atoms with Crippen molar-refractivity contribution in [1.82, 2.24) is 0 Å². The highest BCUT2D eigenvalue weighted by Gasteiger charge is 2.40. The van der Waals surface area contributed by atoms with Crippen molar-refractivity contribution in [2.75, 3.05) is 6.16 Å². The molecule has 0 bridgehead atoms. The molecule has 0 atom stereocenters. The van der Waals surface area contributed by atoms with E-state index < -0.39 is 22.3 Å². The lowest BCUT2D eigenvalue weighted by molar-refractivity contribution is 0.472. The highest BCUT2D eigenvalue weighted by Crippen LogP contribution is 2.45. The van der Waals surface area contributed by atoms with Crippen molar-refractivity contribution in [3.8, 4) is 0 Å². The molecule has 20 heavy (non-hydrogen) atoms. The van der Waals surface area contributed by atoms with E-state index in [0.717, 1.165) is 0 Å². The van der Waals surface area contributed by atoms with Crippen molar-refractivity contribution in [1.29, 1.82) is 0 Å². The van der Waals surface area contributed by atoms with E-state index in [1.807, 2.05) is 0 Å². The second-order valence-electron chi connectivity index (χ2n) is 4.50. The summed E-state index contributed by atoms with van der Waals surface area (Å²) < 4.78 is 51.1. The van der Waals surface area contributed by atoms with Crippen LogP contribution >= 0.6 is 7.14 Å². The van der Waals surface area contributed by atoms with Gasteiger partial charge in [-0.3, -0.25) is 0 Å². The van der Waals surface area contributed by atoms with Crippen LogP contribution in [0.5, 0.6) is 0 Å². The fraction of sp³-hybridized carbons (Fsp3) is 0.143. The molecule has 2 aromatic rings. The van der Waals surface area contributed by atoms with Crippen LogP contribution in [0.15, 0.2) is 60.7 Å². The Labute approximate surface area is 117 Å². The minimum atomic E-state index is -5.70. The molecule has 1 nitrogen and oxygen atoms in total. The van der Waals surface area contributed by atoms with Crippen LogP contribution in [-0.2, 0) is 4.57 Å². The summed E-state index contributed by atoms with van der Waals surface area (Å²) in [4.78, 5) is 0. The van der Waals surface area contributed by atoms with Crippen LogP contribution in [0.1, 0.15) is 0 Å². The zero-order valence-corrected chi connectivity index (χ0v) is 12.6. The number of hydrogen-bond donors (Lipinski definition) is 0. The first-order chi connectivity index (χ1) is 9.42. The quantitative estimate of drug-likeness (QED) is 0.465. The Morgan fingerprint density at radius 1 is 0.800 bits per heavy atom. The third kappa shape index (κ3) is 3.61. The summed E-state index contributed by atoms with van der Waals surface area (Å²) in [5, 5.41) is 0.980. The van der Waals surface area contributed by atoms with Gasteiger partial charge in [-0.2, -0.15) is 0 Å². The van der Waals surface area contributed by atoms with Crippen LogP contribution in [0.3, 0.4) is 0 Å². The van der Waals surface area contributed by atoms with Crippen molar-refractivity contribution >= 4 is 26.8 Å². The number of hydrogen-bond acceptors (Lipinski definition) is 1. The molecule has 0 aliphatic carbocycles. The van der Waals surface area contributed by atoms with Crippen molar-refractivity contribution in [3.05, 3.63) is 60.7 Å². The van der Waals surface area contributed by atoms with Crippen LogP contribution in [-0.4, -0.2) is 15.2 Å². The number of benzene rings is 2. The largest absolute Gasteiger partial charge is 0.616 e. The molecule has 0 N–H and O–H groups in total. The summed E-state index contributed by atoms with van der Waals surface area (Å²) in [5.74, 6) is 0. The SMILES string of the molecule is O=P(CC[Si](F)(F)F)(c1ccccc1)c1ccccc1. The topological polar surface area (TPSA) is 17.1 Å². The Bertz CT molecular complexity index is 555. The molecule has 0 aromatic heterocycles. The molecule has 0 heterocycles. The maximum atomic E-state index is 13.2. The molecule has 2 aromatic carbocycles. The van der Waals surface area contributed by atoms with Crippen LogP contribution in [0.25, 0.3) is 0 Å². The summed E-state index contributed by atoms with van der Waals surface area (Å²) in [5.41, 5.74) is 0. The molecule has 0 saturated carbocycles. The third-order valence-corrected chi connectivity index (χ3v) is 7.41. The van der Waals surface area contributed by atoms with Crippen LogP contribution in [0.2, 0.25) is 6.04 Å². The van der Waals surface area contributed by atoms with Gasteiger partial charge in [0.25, 0.3) is 0 Å². The smallest absolute Gasteiger partial charge is 0.314 e. The fourth-order valence-electron chi connectivity index (χ4n) is 2.03. The Kier molecular flexibility index (Phi) is 4.51. The zero-order chi connectivity index (χ0) is 14.6. The predicted molar refractivity (Wildman–Crippen MR) is 78.5 cm³/mol.